The van der Waals surface area contributed by atoms with Crippen molar-refractivity contribution in [2.45, 2.75) is 19.3 Å². The number of carboxylic acids is 2. The van der Waals surface area contributed by atoms with E-state index in [0.29, 0.717) is 12.8 Å². The van der Waals surface area contributed by atoms with Crippen LogP contribution in [0.3, 0.4) is 0 Å². The molecule has 0 rings (SSSR count). The maximum atomic E-state index is 11.1. The molecule has 0 aliphatic rings. The van der Waals surface area contributed by atoms with Gasteiger partial charge in [0.2, 0.25) is 0 Å². The zero-order valence-electron chi connectivity index (χ0n) is 10.9. The summed E-state index contributed by atoms with van der Waals surface area (Å²) in [6, 6.07) is 0. The molecule has 0 aliphatic carbocycles. The fourth-order valence-electron chi connectivity index (χ4n) is 1.62. The van der Waals surface area contributed by atoms with Crippen LogP contribution in [0.5, 0.6) is 0 Å². The Morgan fingerprint density at radius 2 is 1.26 bits per heavy atom. The van der Waals surface area contributed by atoms with Crippen LogP contribution in [0, 0.1) is 11.8 Å². The minimum atomic E-state index is -0.979. The lowest BCUT2D eigenvalue weighted by molar-refractivity contribution is -0.145. The van der Waals surface area contributed by atoms with E-state index in [1.54, 1.807) is 36.5 Å². The van der Waals surface area contributed by atoms with Gasteiger partial charge in [-0.3, -0.25) is 9.59 Å². The normalized spacial score (nSPS) is 14.3. The van der Waals surface area contributed by atoms with Crippen molar-refractivity contribution in [3.05, 3.63) is 49.6 Å². The molecule has 2 atom stereocenters. The summed E-state index contributed by atoms with van der Waals surface area (Å²) in [5, 5.41) is 18.2. The van der Waals surface area contributed by atoms with Crippen LogP contribution in [-0.4, -0.2) is 22.2 Å². The van der Waals surface area contributed by atoms with Crippen molar-refractivity contribution >= 4 is 11.9 Å². The molecule has 0 fully saturated rings. The zero-order chi connectivity index (χ0) is 14.7. The Hall–Kier alpha value is -2.10. The Morgan fingerprint density at radius 1 is 0.895 bits per heavy atom. The van der Waals surface area contributed by atoms with Crippen molar-refractivity contribution in [2.24, 2.45) is 11.8 Å². The van der Waals surface area contributed by atoms with Gasteiger partial charge < -0.3 is 10.2 Å². The Bertz CT molecular complexity index is 344. The summed E-state index contributed by atoms with van der Waals surface area (Å²) in [7, 11) is 0. The average Bonchev–Trinajstić information content (AvgIpc) is 2.35. The average molecular weight is 264 g/mol. The van der Waals surface area contributed by atoms with Crippen LogP contribution in [0.25, 0.3) is 0 Å². The summed E-state index contributed by atoms with van der Waals surface area (Å²) in [6.45, 7) is 6.99. The molecule has 0 saturated carbocycles. The molecule has 104 valence electrons. The predicted octanol–water partition coefficient (Wildman–Crippen LogP) is 3.04. The number of rotatable bonds is 10. The molecular weight excluding hydrogens is 244 g/mol. The minimum Gasteiger partial charge on any atom is -0.481 e. The lowest BCUT2D eigenvalue weighted by Gasteiger charge is -2.15. The van der Waals surface area contributed by atoms with E-state index >= 15 is 0 Å². The van der Waals surface area contributed by atoms with Crippen LogP contribution < -0.4 is 0 Å². The SMILES string of the molecule is C=C/C=C/CC(CC(C/C=C/C=C)C(=O)O)C(=O)O. The Labute approximate surface area is 113 Å². The maximum Gasteiger partial charge on any atom is 0.306 e. The highest BCUT2D eigenvalue weighted by Gasteiger charge is 2.25. The molecule has 0 aromatic rings. The van der Waals surface area contributed by atoms with Gasteiger partial charge in [-0.15, -0.1) is 0 Å². The van der Waals surface area contributed by atoms with Crippen molar-refractivity contribution in [3.63, 3.8) is 0 Å². The first-order valence-corrected chi connectivity index (χ1v) is 6.03. The van der Waals surface area contributed by atoms with Gasteiger partial charge >= 0.3 is 11.9 Å². The summed E-state index contributed by atoms with van der Waals surface area (Å²) in [5.74, 6) is -3.36. The van der Waals surface area contributed by atoms with E-state index in [0.717, 1.165) is 0 Å². The third-order valence-electron chi connectivity index (χ3n) is 2.65. The van der Waals surface area contributed by atoms with Crippen LogP contribution in [0.4, 0.5) is 0 Å². The monoisotopic (exact) mass is 264 g/mol. The second-order valence-corrected chi connectivity index (χ2v) is 4.11. The van der Waals surface area contributed by atoms with Crippen molar-refractivity contribution in [3.8, 4) is 0 Å². The lowest BCUT2D eigenvalue weighted by Crippen LogP contribution is -2.22. The molecular formula is C15H20O4. The standard InChI is InChI=1S/C15H20O4/c1-3-5-7-9-12(14(16)17)11-13(15(18)19)10-8-6-4-2/h3-8,12-13H,1-2,9-11H2,(H,16,17)(H,18,19)/b7-5+,8-6+. The second-order valence-electron chi connectivity index (χ2n) is 4.11. The molecule has 0 amide bonds. The van der Waals surface area contributed by atoms with E-state index in [9.17, 15) is 9.59 Å². The molecule has 0 spiro atoms. The highest BCUT2D eigenvalue weighted by Crippen LogP contribution is 2.20. The maximum absolute atomic E-state index is 11.1. The highest BCUT2D eigenvalue weighted by atomic mass is 16.4. The van der Waals surface area contributed by atoms with E-state index in [1.165, 1.54) is 0 Å². The van der Waals surface area contributed by atoms with Crippen LogP contribution in [0.1, 0.15) is 19.3 Å². The van der Waals surface area contributed by atoms with Gasteiger partial charge in [0.05, 0.1) is 11.8 Å². The molecule has 2 unspecified atom stereocenters. The van der Waals surface area contributed by atoms with Gasteiger partial charge in [-0.05, 0) is 19.3 Å². The first-order chi connectivity index (χ1) is 9.02. The summed E-state index contributed by atoms with van der Waals surface area (Å²) in [4.78, 5) is 22.2. The summed E-state index contributed by atoms with van der Waals surface area (Å²) in [5.41, 5.74) is 0. The number of hydrogen-bond acceptors (Lipinski definition) is 2. The molecule has 0 aromatic heterocycles. The Kier molecular flexibility index (Phi) is 8.79. The number of carbonyl (C=O) groups is 2. The van der Waals surface area contributed by atoms with Crippen LogP contribution in [-0.2, 0) is 9.59 Å². The van der Waals surface area contributed by atoms with Gasteiger partial charge in [0.1, 0.15) is 0 Å². The number of aliphatic carboxylic acids is 2. The smallest absolute Gasteiger partial charge is 0.306 e. The Balaban J connectivity index is 4.64. The molecule has 0 radical (unpaired) electrons. The summed E-state index contributed by atoms with van der Waals surface area (Å²) < 4.78 is 0. The van der Waals surface area contributed by atoms with Crippen molar-refractivity contribution in [1.82, 2.24) is 0 Å². The van der Waals surface area contributed by atoms with E-state index < -0.39 is 23.8 Å². The highest BCUT2D eigenvalue weighted by molar-refractivity contribution is 5.74. The topological polar surface area (TPSA) is 74.6 Å². The summed E-state index contributed by atoms with van der Waals surface area (Å²) in [6.07, 6.45) is 10.5. The second kappa shape index (κ2) is 9.88. The molecule has 4 heteroatoms. The first-order valence-electron chi connectivity index (χ1n) is 6.03. The van der Waals surface area contributed by atoms with Gasteiger partial charge in [0, 0.05) is 0 Å². The molecule has 0 bridgehead atoms. The molecule has 19 heavy (non-hydrogen) atoms. The van der Waals surface area contributed by atoms with Gasteiger partial charge in [-0.1, -0.05) is 49.6 Å². The minimum absolute atomic E-state index is 0.105. The van der Waals surface area contributed by atoms with Gasteiger partial charge in [-0.25, -0.2) is 0 Å². The van der Waals surface area contributed by atoms with Crippen molar-refractivity contribution in [2.75, 3.05) is 0 Å². The van der Waals surface area contributed by atoms with Gasteiger partial charge in [-0.2, -0.15) is 0 Å². The van der Waals surface area contributed by atoms with Gasteiger partial charge in [0.25, 0.3) is 0 Å². The van der Waals surface area contributed by atoms with Crippen LogP contribution in [0.15, 0.2) is 49.6 Å². The summed E-state index contributed by atoms with van der Waals surface area (Å²) >= 11 is 0. The molecule has 0 saturated heterocycles. The van der Waals surface area contributed by atoms with E-state index in [2.05, 4.69) is 13.2 Å². The Morgan fingerprint density at radius 3 is 1.53 bits per heavy atom. The largest absolute Gasteiger partial charge is 0.481 e. The van der Waals surface area contributed by atoms with Crippen molar-refractivity contribution in [1.29, 1.82) is 0 Å². The quantitative estimate of drug-likeness (QED) is 0.595. The van der Waals surface area contributed by atoms with Gasteiger partial charge in [0.15, 0.2) is 0 Å². The molecule has 0 aromatic carbocycles. The zero-order valence-corrected chi connectivity index (χ0v) is 10.9. The molecule has 2 N–H and O–H groups in total. The van der Waals surface area contributed by atoms with E-state index in [4.69, 9.17) is 10.2 Å². The number of carboxylic acid groups (broad SMARTS) is 2. The predicted molar refractivity (Wildman–Crippen MR) is 74.8 cm³/mol. The van der Waals surface area contributed by atoms with Crippen LogP contribution >= 0.6 is 0 Å². The molecule has 0 aliphatic heterocycles. The van der Waals surface area contributed by atoms with Crippen LogP contribution in [0.2, 0.25) is 0 Å². The first kappa shape index (κ1) is 16.9. The third-order valence-corrected chi connectivity index (χ3v) is 2.65. The number of allylic oxidation sites excluding steroid dienone is 6. The third kappa shape index (κ3) is 7.76. The fraction of sp³-hybridized carbons (Fsp3) is 0.333. The number of hydrogen-bond donors (Lipinski definition) is 2. The molecule has 4 nitrogen and oxygen atoms in total. The van der Waals surface area contributed by atoms with E-state index in [1.807, 2.05) is 0 Å². The molecule has 0 heterocycles. The van der Waals surface area contributed by atoms with Crippen molar-refractivity contribution < 1.29 is 19.8 Å². The van der Waals surface area contributed by atoms with E-state index in [-0.39, 0.29) is 6.42 Å². The fourth-order valence-corrected chi connectivity index (χ4v) is 1.62. The lowest BCUT2D eigenvalue weighted by atomic mass is 9.89.